The van der Waals surface area contributed by atoms with Crippen molar-refractivity contribution in [2.45, 2.75) is 64.6 Å². The third kappa shape index (κ3) is 4.36. The molecular weight excluding hydrogens is 441 g/mol. The Morgan fingerprint density at radius 3 is 2.31 bits per heavy atom. The highest BCUT2D eigenvalue weighted by Gasteiger charge is 2.52. The first-order valence-electron chi connectivity index (χ1n) is 11.9. The highest BCUT2D eigenvalue weighted by molar-refractivity contribution is 6.35. The van der Waals surface area contributed by atoms with Crippen molar-refractivity contribution in [1.82, 2.24) is 5.32 Å². The first-order valence-corrected chi connectivity index (χ1v) is 12.7. The molecule has 4 saturated carbocycles. The van der Waals surface area contributed by atoms with Crippen molar-refractivity contribution in [2.24, 2.45) is 23.2 Å². The molecule has 2 aromatic rings. The van der Waals surface area contributed by atoms with Gasteiger partial charge in [0.1, 0.15) is 6.61 Å². The molecule has 5 heteroatoms. The molecule has 0 aromatic heterocycles. The monoisotopic (exact) mass is 473 g/mol. The van der Waals surface area contributed by atoms with Crippen molar-refractivity contribution >= 4 is 23.2 Å². The Labute approximate surface area is 201 Å². The van der Waals surface area contributed by atoms with E-state index in [0.717, 1.165) is 46.9 Å². The zero-order chi connectivity index (χ0) is 22.3. The van der Waals surface area contributed by atoms with E-state index >= 15 is 0 Å². The maximum Gasteiger partial charge on any atom is 0.166 e. The normalized spacial score (nSPS) is 29.2. The van der Waals surface area contributed by atoms with Crippen LogP contribution in [-0.2, 0) is 13.2 Å². The van der Waals surface area contributed by atoms with Crippen LogP contribution in [0.4, 0.5) is 0 Å². The minimum atomic E-state index is 0.369. The Morgan fingerprint density at radius 2 is 1.69 bits per heavy atom. The number of nitrogens with one attached hydrogen (secondary N) is 1. The second-order valence-electron chi connectivity index (χ2n) is 10.4. The number of para-hydroxylation sites is 1. The summed E-state index contributed by atoms with van der Waals surface area (Å²) in [7, 11) is 1.69. The zero-order valence-electron chi connectivity index (χ0n) is 19.0. The van der Waals surface area contributed by atoms with Crippen LogP contribution >= 0.6 is 23.2 Å². The van der Waals surface area contributed by atoms with Crippen LogP contribution in [0.25, 0.3) is 0 Å². The van der Waals surface area contributed by atoms with Crippen LogP contribution in [0.15, 0.2) is 36.4 Å². The van der Waals surface area contributed by atoms with Gasteiger partial charge in [0.25, 0.3) is 0 Å². The van der Waals surface area contributed by atoms with Gasteiger partial charge in [0.2, 0.25) is 0 Å². The molecule has 1 atom stereocenters. The highest BCUT2D eigenvalue weighted by atomic mass is 35.5. The molecule has 1 N–H and O–H groups in total. The van der Waals surface area contributed by atoms with Crippen LogP contribution in [0, 0.1) is 23.2 Å². The zero-order valence-corrected chi connectivity index (χ0v) is 20.5. The standard InChI is InChI=1S/C27H33Cl2NO2/c1-17(27-12-18-8-19(13-27)10-20(9-18)14-27)30-15-21-4-3-5-25(31-2)26(21)32-16-22-6-7-23(28)11-24(22)29/h3-7,11,17-20,30H,8-10,12-16H2,1-2H3. The SMILES string of the molecule is COc1cccc(CNC(C)C23CC4CC(CC(C4)C2)C3)c1OCc1ccc(Cl)cc1Cl. The lowest BCUT2D eigenvalue weighted by atomic mass is 9.48. The fraction of sp³-hybridized carbons (Fsp3) is 0.556. The van der Waals surface area contributed by atoms with Crippen molar-refractivity contribution in [3.63, 3.8) is 0 Å². The van der Waals surface area contributed by atoms with Crippen molar-refractivity contribution < 1.29 is 9.47 Å². The van der Waals surface area contributed by atoms with Crippen molar-refractivity contribution in [1.29, 1.82) is 0 Å². The summed E-state index contributed by atoms with van der Waals surface area (Å²) in [4.78, 5) is 0. The van der Waals surface area contributed by atoms with E-state index in [2.05, 4.69) is 18.3 Å². The third-order valence-corrected chi connectivity index (χ3v) is 8.86. The molecule has 32 heavy (non-hydrogen) atoms. The summed E-state index contributed by atoms with van der Waals surface area (Å²) in [6.07, 6.45) is 8.66. The minimum Gasteiger partial charge on any atom is -0.493 e. The van der Waals surface area contributed by atoms with Gasteiger partial charge in [-0.15, -0.1) is 0 Å². The number of ether oxygens (including phenoxy) is 2. The van der Waals surface area contributed by atoms with Crippen LogP contribution in [-0.4, -0.2) is 13.2 Å². The smallest absolute Gasteiger partial charge is 0.166 e. The van der Waals surface area contributed by atoms with Gasteiger partial charge in [0.05, 0.1) is 7.11 Å². The molecule has 0 aliphatic heterocycles. The summed E-state index contributed by atoms with van der Waals surface area (Å²) in [5, 5.41) is 5.12. The third-order valence-electron chi connectivity index (χ3n) is 8.27. The fourth-order valence-electron chi connectivity index (χ4n) is 7.00. The lowest BCUT2D eigenvalue weighted by Gasteiger charge is -2.59. The first kappa shape index (κ1) is 22.4. The van der Waals surface area contributed by atoms with Gasteiger partial charge in [0.15, 0.2) is 11.5 Å². The molecule has 4 bridgehead atoms. The lowest BCUT2D eigenvalue weighted by Crippen LogP contribution is -2.54. The van der Waals surface area contributed by atoms with Gasteiger partial charge in [-0.05, 0) is 86.8 Å². The molecule has 2 aromatic carbocycles. The number of benzene rings is 2. The van der Waals surface area contributed by atoms with E-state index in [1.807, 2.05) is 24.3 Å². The van der Waals surface area contributed by atoms with Crippen LogP contribution in [0.3, 0.4) is 0 Å². The van der Waals surface area contributed by atoms with Gasteiger partial charge >= 0.3 is 0 Å². The molecule has 4 aliphatic rings. The van der Waals surface area contributed by atoms with E-state index < -0.39 is 0 Å². The van der Waals surface area contributed by atoms with Crippen LogP contribution in [0.1, 0.15) is 56.6 Å². The van der Waals surface area contributed by atoms with Gasteiger partial charge in [-0.2, -0.15) is 0 Å². The molecule has 0 saturated heterocycles. The molecule has 1 unspecified atom stereocenters. The molecule has 0 spiro atoms. The van der Waals surface area contributed by atoms with Crippen LogP contribution < -0.4 is 14.8 Å². The predicted molar refractivity (Wildman–Crippen MR) is 131 cm³/mol. The summed E-state index contributed by atoms with van der Waals surface area (Å²) in [6, 6.07) is 12.1. The van der Waals surface area contributed by atoms with Gasteiger partial charge < -0.3 is 14.8 Å². The van der Waals surface area contributed by atoms with E-state index in [9.17, 15) is 0 Å². The Kier molecular flexibility index (Phi) is 6.35. The summed E-state index contributed by atoms with van der Waals surface area (Å²) >= 11 is 12.4. The Morgan fingerprint density at radius 1 is 1.00 bits per heavy atom. The van der Waals surface area contributed by atoms with Crippen LogP contribution in [0.5, 0.6) is 11.5 Å². The van der Waals surface area contributed by atoms with Gasteiger partial charge in [-0.1, -0.05) is 41.4 Å². The average Bonchev–Trinajstić information content (AvgIpc) is 2.76. The molecule has 0 radical (unpaired) electrons. The number of hydrogen-bond donors (Lipinski definition) is 1. The molecule has 3 nitrogen and oxygen atoms in total. The Balaban J connectivity index is 1.29. The van der Waals surface area contributed by atoms with E-state index in [1.165, 1.54) is 38.5 Å². The molecule has 4 aliphatic carbocycles. The summed E-state index contributed by atoms with van der Waals surface area (Å²) in [5.74, 6) is 4.42. The quantitative estimate of drug-likeness (QED) is 0.436. The maximum atomic E-state index is 6.35. The Bertz CT molecular complexity index is 941. The summed E-state index contributed by atoms with van der Waals surface area (Å²) in [6.45, 7) is 3.54. The number of rotatable bonds is 8. The highest BCUT2D eigenvalue weighted by Crippen LogP contribution is 2.61. The number of halogens is 2. The van der Waals surface area contributed by atoms with Crippen LogP contribution in [0.2, 0.25) is 10.0 Å². The van der Waals surface area contributed by atoms with E-state index in [-0.39, 0.29) is 0 Å². The molecule has 0 amide bonds. The lowest BCUT2D eigenvalue weighted by molar-refractivity contribution is -0.0706. The van der Waals surface area contributed by atoms with E-state index in [4.69, 9.17) is 32.7 Å². The van der Waals surface area contributed by atoms with Crippen molar-refractivity contribution in [3.05, 3.63) is 57.6 Å². The van der Waals surface area contributed by atoms with Gasteiger partial charge in [0, 0.05) is 33.8 Å². The van der Waals surface area contributed by atoms with E-state index in [1.54, 1.807) is 13.2 Å². The van der Waals surface area contributed by atoms with Gasteiger partial charge in [-0.25, -0.2) is 0 Å². The molecular formula is C27H33Cl2NO2. The topological polar surface area (TPSA) is 30.5 Å². The van der Waals surface area contributed by atoms with Crippen molar-refractivity contribution in [3.8, 4) is 11.5 Å². The second-order valence-corrected chi connectivity index (χ2v) is 11.2. The number of hydrogen-bond acceptors (Lipinski definition) is 3. The van der Waals surface area contributed by atoms with Gasteiger partial charge in [-0.3, -0.25) is 0 Å². The summed E-state index contributed by atoms with van der Waals surface area (Å²) in [5.41, 5.74) is 2.50. The second kappa shape index (κ2) is 9.08. The largest absolute Gasteiger partial charge is 0.493 e. The Hall–Kier alpha value is -1.42. The van der Waals surface area contributed by atoms with Crippen molar-refractivity contribution in [2.75, 3.05) is 7.11 Å². The van der Waals surface area contributed by atoms with E-state index in [0.29, 0.717) is 28.1 Å². The summed E-state index contributed by atoms with van der Waals surface area (Å²) < 4.78 is 11.9. The molecule has 6 rings (SSSR count). The average molecular weight is 474 g/mol. The maximum absolute atomic E-state index is 6.35. The fourth-order valence-corrected chi connectivity index (χ4v) is 7.46. The molecule has 0 heterocycles. The molecule has 4 fully saturated rings. The minimum absolute atomic E-state index is 0.369. The predicted octanol–water partition coefficient (Wildman–Crippen LogP) is 7.28. The molecule has 172 valence electrons. The first-order chi connectivity index (χ1) is 15.5. The number of methoxy groups -OCH3 is 1.